The number of rotatable bonds is 7. The number of hydrogen-bond donors (Lipinski definition) is 2. The van der Waals surface area contributed by atoms with Gasteiger partial charge in [-0.3, -0.25) is 4.79 Å². The normalized spacial score (nSPS) is 24.1. The van der Waals surface area contributed by atoms with Gasteiger partial charge in [0.1, 0.15) is 6.10 Å². The molecule has 0 radical (unpaired) electrons. The average molecular weight is 286 g/mol. The lowest BCUT2D eigenvalue weighted by molar-refractivity contribution is -0.151. The van der Waals surface area contributed by atoms with Gasteiger partial charge in [0.2, 0.25) is 5.91 Å². The van der Waals surface area contributed by atoms with Crippen LogP contribution in [-0.2, 0) is 14.3 Å². The van der Waals surface area contributed by atoms with Gasteiger partial charge in [-0.15, -0.1) is 0 Å². The van der Waals surface area contributed by atoms with Gasteiger partial charge in [-0.2, -0.15) is 0 Å². The summed E-state index contributed by atoms with van der Waals surface area (Å²) in [6.07, 6.45) is 0.282. The van der Waals surface area contributed by atoms with E-state index in [9.17, 15) is 9.59 Å². The van der Waals surface area contributed by atoms with Crippen molar-refractivity contribution in [2.75, 3.05) is 20.6 Å². The summed E-state index contributed by atoms with van der Waals surface area (Å²) < 4.78 is 5.27. The molecule has 1 rings (SSSR count). The number of aliphatic carboxylic acids is 1. The molecule has 6 heteroatoms. The van der Waals surface area contributed by atoms with Gasteiger partial charge in [-0.25, -0.2) is 4.79 Å². The van der Waals surface area contributed by atoms with Crippen LogP contribution in [0.25, 0.3) is 0 Å². The van der Waals surface area contributed by atoms with Crippen molar-refractivity contribution >= 4 is 11.9 Å². The Kier molecular flexibility index (Phi) is 6.42. The van der Waals surface area contributed by atoms with E-state index in [0.717, 1.165) is 13.0 Å². The highest BCUT2D eigenvalue weighted by molar-refractivity contribution is 5.82. The molecule has 0 spiro atoms. The van der Waals surface area contributed by atoms with Crippen LogP contribution >= 0.6 is 0 Å². The van der Waals surface area contributed by atoms with Crippen molar-refractivity contribution in [3.05, 3.63) is 0 Å². The van der Waals surface area contributed by atoms with Crippen molar-refractivity contribution in [2.24, 2.45) is 5.92 Å². The zero-order chi connectivity index (χ0) is 15.3. The maximum atomic E-state index is 12.1. The number of amides is 1. The first-order chi connectivity index (χ1) is 9.29. The largest absolute Gasteiger partial charge is 0.479 e. The van der Waals surface area contributed by atoms with Crippen molar-refractivity contribution in [3.63, 3.8) is 0 Å². The van der Waals surface area contributed by atoms with Crippen LogP contribution in [0.4, 0.5) is 0 Å². The number of nitrogens with zero attached hydrogens (tertiary/aromatic N) is 1. The van der Waals surface area contributed by atoms with Gasteiger partial charge in [-0.1, -0.05) is 13.8 Å². The van der Waals surface area contributed by atoms with Crippen molar-refractivity contribution < 1.29 is 19.4 Å². The van der Waals surface area contributed by atoms with E-state index in [1.165, 1.54) is 0 Å². The molecule has 0 aromatic heterocycles. The maximum absolute atomic E-state index is 12.1. The molecule has 3 unspecified atom stereocenters. The quantitative estimate of drug-likeness (QED) is 0.720. The van der Waals surface area contributed by atoms with Crippen molar-refractivity contribution in [1.29, 1.82) is 0 Å². The molecule has 0 aliphatic carbocycles. The predicted octanol–water partition coefficient (Wildman–Crippen LogP) is 0.711. The summed E-state index contributed by atoms with van der Waals surface area (Å²) in [7, 11) is 3.93. The van der Waals surface area contributed by atoms with E-state index in [1.807, 2.05) is 19.0 Å². The predicted molar refractivity (Wildman–Crippen MR) is 75.5 cm³/mol. The molecule has 116 valence electrons. The Bertz CT molecular complexity index is 334. The Labute approximate surface area is 120 Å². The van der Waals surface area contributed by atoms with E-state index in [1.54, 1.807) is 0 Å². The van der Waals surface area contributed by atoms with Crippen LogP contribution in [0.2, 0.25) is 0 Å². The Hall–Kier alpha value is -1.14. The number of carboxylic acids is 1. The van der Waals surface area contributed by atoms with Crippen LogP contribution in [0.3, 0.4) is 0 Å². The monoisotopic (exact) mass is 286 g/mol. The molecule has 1 aliphatic rings. The Morgan fingerprint density at radius 1 is 1.30 bits per heavy atom. The SMILES string of the molecule is CC(C)CC(CN(C)C)NC(=O)C1CCC(C(=O)O)O1. The molecule has 1 heterocycles. The molecule has 1 aliphatic heterocycles. The van der Waals surface area contributed by atoms with E-state index >= 15 is 0 Å². The second-order valence-corrected chi connectivity index (χ2v) is 6.13. The van der Waals surface area contributed by atoms with Gasteiger partial charge >= 0.3 is 5.97 Å². The minimum absolute atomic E-state index is 0.0602. The minimum atomic E-state index is -0.993. The van der Waals surface area contributed by atoms with Crippen LogP contribution in [-0.4, -0.2) is 60.8 Å². The number of nitrogens with one attached hydrogen (secondary N) is 1. The summed E-state index contributed by atoms with van der Waals surface area (Å²) >= 11 is 0. The first-order valence-electron chi connectivity index (χ1n) is 7.13. The topological polar surface area (TPSA) is 78.9 Å². The highest BCUT2D eigenvalue weighted by Crippen LogP contribution is 2.20. The number of carboxylic acid groups (broad SMARTS) is 1. The maximum Gasteiger partial charge on any atom is 0.332 e. The third-order valence-electron chi connectivity index (χ3n) is 3.28. The summed E-state index contributed by atoms with van der Waals surface area (Å²) in [5.41, 5.74) is 0. The van der Waals surface area contributed by atoms with Gasteiger partial charge in [-0.05, 0) is 39.3 Å². The molecule has 1 saturated heterocycles. The van der Waals surface area contributed by atoms with E-state index in [-0.39, 0.29) is 11.9 Å². The summed E-state index contributed by atoms with van der Waals surface area (Å²) in [5, 5.41) is 11.9. The highest BCUT2D eigenvalue weighted by atomic mass is 16.5. The molecule has 1 fully saturated rings. The molecule has 2 N–H and O–H groups in total. The fourth-order valence-corrected chi connectivity index (χ4v) is 2.49. The van der Waals surface area contributed by atoms with Crippen molar-refractivity contribution in [2.45, 2.75) is 51.4 Å². The molecular formula is C14H26N2O4. The molecule has 0 bridgehead atoms. The van der Waals surface area contributed by atoms with Gasteiger partial charge in [0, 0.05) is 12.6 Å². The van der Waals surface area contributed by atoms with Crippen molar-refractivity contribution in [3.8, 4) is 0 Å². The zero-order valence-electron chi connectivity index (χ0n) is 12.8. The number of ether oxygens (including phenoxy) is 1. The van der Waals surface area contributed by atoms with E-state index in [2.05, 4.69) is 19.2 Å². The summed E-state index contributed by atoms with van der Waals surface area (Å²) in [5.74, 6) is -0.704. The molecule has 3 atom stereocenters. The highest BCUT2D eigenvalue weighted by Gasteiger charge is 2.35. The summed E-state index contributed by atoms with van der Waals surface area (Å²) in [6.45, 7) is 4.99. The van der Waals surface area contributed by atoms with Gasteiger partial charge in [0.05, 0.1) is 0 Å². The second-order valence-electron chi connectivity index (χ2n) is 6.13. The average Bonchev–Trinajstić information content (AvgIpc) is 2.75. The summed E-state index contributed by atoms with van der Waals surface area (Å²) in [4.78, 5) is 25.0. The number of carbonyl (C=O) groups is 2. The van der Waals surface area contributed by atoms with Crippen LogP contribution in [0.1, 0.15) is 33.1 Å². The smallest absolute Gasteiger partial charge is 0.332 e. The first kappa shape index (κ1) is 16.9. The van der Waals surface area contributed by atoms with Gasteiger partial charge < -0.3 is 20.1 Å². The Morgan fingerprint density at radius 2 is 1.90 bits per heavy atom. The van der Waals surface area contributed by atoms with Crippen LogP contribution in [0, 0.1) is 5.92 Å². The third-order valence-corrected chi connectivity index (χ3v) is 3.28. The lowest BCUT2D eigenvalue weighted by Crippen LogP contribution is -2.46. The lowest BCUT2D eigenvalue weighted by Gasteiger charge is -2.25. The Morgan fingerprint density at radius 3 is 2.35 bits per heavy atom. The Balaban J connectivity index is 2.51. The lowest BCUT2D eigenvalue weighted by atomic mass is 10.0. The zero-order valence-corrected chi connectivity index (χ0v) is 12.8. The first-order valence-corrected chi connectivity index (χ1v) is 7.13. The minimum Gasteiger partial charge on any atom is -0.479 e. The number of hydrogen-bond acceptors (Lipinski definition) is 4. The third kappa shape index (κ3) is 5.46. The fourth-order valence-electron chi connectivity index (χ4n) is 2.49. The second kappa shape index (κ2) is 7.59. The molecule has 1 amide bonds. The van der Waals surface area contributed by atoms with Crippen LogP contribution in [0.5, 0.6) is 0 Å². The van der Waals surface area contributed by atoms with Crippen LogP contribution in [0.15, 0.2) is 0 Å². The molecule has 20 heavy (non-hydrogen) atoms. The molecule has 0 saturated carbocycles. The molecule has 0 aromatic rings. The standard InChI is InChI=1S/C14H26N2O4/c1-9(2)7-10(8-16(3)4)15-13(17)11-5-6-12(20-11)14(18)19/h9-12H,5-8H2,1-4H3,(H,15,17)(H,18,19). The van der Waals surface area contributed by atoms with Gasteiger partial charge in [0.15, 0.2) is 6.10 Å². The van der Waals surface area contributed by atoms with E-state index in [4.69, 9.17) is 9.84 Å². The van der Waals surface area contributed by atoms with Crippen LogP contribution < -0.4 is 5.32 Å². The van der Waals surface area contributed by atoms with E-state index < -0.39 is 18.2 Å². The fraction of sp³-hybridized carbons (Fsp3) is 0.857. The molecule has 6 nitrogen and oxygen atoms in total. The molecule has 0 aromatic carbocycles. The van der Waals surface area contributed by atoms with Gasteiger partial charge in [0.25, 0.3) is 0 Å². The van der Waals surface area contributed by atoms with E-state index in [0.29, 0.717) is 18.8 Å². The number of carbonyl (C=O) groups excluding carboxylic acids is 1. The molecular weight excluding hydrogens is 260 g/mol. The number of likely N-dealkylation sites (N-methyl/N-ethyl adjacent to an activating group) is 1. The summed E-state index contributed by atoms with van der Waals surface area (Å²) in [6, 6.07) is 0.0602. The van der Waals surface area contributed by atoms with Crippen molar-refractivity contribution in [1.82, 2.24) is 10.2 Å².